The first-order valence-electron chi connectivity index (χ1n) is 8.83. The lowest BCUT2D eigenvalue weighted by Gasteiger charge is -2.26. The van der Waals surface area contributed by atoms with Crippen LogP contribution in [0.4, 0.5) is 24.8 Å². The van der Waals surface area contributed by atoms with Crippen molar-refractivity contribution in [2.24, 2.45) is 0 Å². The normalized spacial score (nSPS) is 14.5. The smallest absolute Gasteiger partial charge is 0.406 e. The first-order valence-corrected chi connectivity index (χ1v) is 8.83. The quantitative estimate of drug-likeness (QED) is 0.633. The van der Waals surface area contributed by atoms with Gasteiger partial charge in [0.25, 0.3) is 0 Å². The topological polar surface area (TPSA) is 78.0 Å². The predicted molar refractivity (Wildman–Crippen MR) is 99.2 cm³/mol. The van der Waals surface area contributed by atoms with E-state index in [2.05, 4.69) is 20.1 Å². The first-order chi connectivity index (χ1) is 13.4. The average molecular weight is 389 g/mol. The van der Waals surface area contributed by atoms with Crippen LogP contribution in [0, 0.1) is 0 Å². The van der Waals surface area contributed by atoms with Crippen molar-refractivity contribution in [3.05, 3.63) is 48.5 Å². The molecule has 0 atom stereocenters. The summed E-state index contributed by atoms with van der Waals surface area (Å²) >= 11 is 0. The van der Waals surface area contributed by atoms with Crippen LogP contribution in [0.15, 0.2) is 48.5 Å². The summed E-state index contributed by atoms with van der Waals surface area (Å²) in [6.07, 6.45) is -1.49. The van der Waals surface area contributed by atoms with Gasteiger partial charge in [0.05, 0.1) is 5.69 Å². The lowest BCUT2D eigenvalue weighted by Crippen LogP contribution is -2.28. The van der Waals surface area contributed by atoms with Crippen LogP contribution in [0.3, 0.4) is 0 Å². The van der Waals surface area contributed by atoms with E-state index in [1.165, 1.54) is 24.3 Å². The van der Waals surface area contributed by atoms with Gasteiger partial charge in [0.1, 0.15) is 5.75 Å². The minimum atomic E-state index is -4.73. The van der Waals surface area contributed by atoms with Gasteiger partial charge in [0.15, 0.2) is 5.82 Å². The van der Waals surface area contributed by atoms with Crippen LogP contribution in [0.2, 0.25) is 0 Å². The molecule has 6 nitrogen and oxygen atoms in total. The monoisotopic (exact) mass is 389 g/mol. The molecule has 0 spiro atoms. The molecule has 28 heavy (non-hydrogen) atoms. The van der Waals surface area contributed by atoms with E-state index in [0.717, 1.165) is 24.8 Å². The zero-order valence-corrected chi connectivity index (χ0v) is 14.8. The van der Waals surface area contributed by atoms with E-state index in [-0.39, 0.29) is 5.75 Å². The first kappa shape index (κ1) is 18.1. The zero-order valence-electron chi connectivity index (χ0n) is 14.8. The largest absolute Gasteiger partial charge is 0.573 e. The number of aromatic nitrogens is 3. The highest BCUT2D eigenvalue weighted by atomic mass is 19.4. The molecule has 1 aromatic heterocycles. The second kappa shape index (κ2) is 7.06. The number of rotatable bonds is 5. The zero-order chi connectivity index (χ0) is 19.7. The Bertz CT molecular complexity index is 947. The minimum Gasteiger partial charge on any atom is -0.406 e. The second-order valence-corrected chi connectivity index (χ2v) is 6.61. The molecule has 4 rings (SSSR count). The third-order valence-electron chi connectivity index (χ3n) is 4.53. The second-order valence-electron chi connectivity index (χ2n) is 6.61. The summed E-state index contributed by atoms with van der Waals surface area (Å²) in [7, 11) is 0. The van der Waals surface area contributed by atoms with Gasteiger partial charge < -0.3 is 15.8 Å². The molecule has 1 aliphatic carbocycles. The molecule has 3 N–H and O–H groups in total. The van der Waals surface area contributed by atoms with Crippen LogP contribution in [-0.4, -0.2) is 27.2 Å². The Morgan fingerprint density at radius 2 is 1.71 bits per heavy atom. The molecule has 0 radical (unpaired) electrons. The lowest BCUT2D eigenvalue weighted by molar-refractivity contribution is -0.274. The lowest BCUT2D eigenvalue weighted by atomic mass is 9.93. The van der Waals surface area contributed by atoms with Crippen LogP contribution < -0.4 is 15.8 Å². The van der Waals surface area contributed by atoms with Crippen LogP contribution in [0.1, 0.15) is 19.3 Å². The maximum absolute atomic E-state index is 12.4. The molecule has 1 saturated carbocycles. The standard InChI is InChI=1S/C19H18F3N5O/c20-19(21,22)28-16-10-8-15(9-11-16)27-18(24-14-2-1-3-14)25-17(26-27)12-4-6-13(23)7-5-12/h4-11,14H,1-3,23H2,(H,24,25,26). The number of nitrogens with two attached hydrogens (primary N) is 1. The van der Waals surface area contributed by atoms with Crippen molar-refractivity contribution in [2.45, 2.75) is 31.7 Å². The molecule has 0 bridgehead atoms. The number of nitrogens with one attached hydrogen (secondary N) is 1. The Morgan fingerprint density at radius 3 is 2.29 bits per heavy atom. The van der Waals surface area contributed by atoms with Crippen molar-refractivity contribution in [3.8, 4) is 22.8 Å². The van der Waals surface area contributed by atoms with E-state index in [9.17, 15) is 13.2 Å². The van der Waals surface area contributed by atoms with E-state index < -0.39 is 6.36 Å². The Kier molecular flexibility index (Phi) is 4.58. The predicted octanol–water partition coefficient (Wildman–Crippen LogP) is 4.38. The van der Waals surface area contributed by atoms with Crippen LogP contribution in [0.25, 0.3) is 17.1 Å². The molecule has 2 aromatic carbocycles. The van der Waals surface area contributed by atoms with Crippen molar-refractivity contribution in [1.82, 2.24) is 14.8 Å². The molecular weight excluding hydrogens is 371 g/mol. The molecule has 0 unspecified atom stereocenters. The third kappa shape index (κ3) is 4.03. The molecule has 0 aliphatic heterocycles. The molecule has 1 fully saturated rings. The van der Waals surface area contributed by atoms with E-state index in [1.807, 2.05) is 12.1 Å². The number of alkyl halides is 3. The highest BCUT2D eigenvalue weighted by Crippen LogP contribution is 2.28. The highest BCUT2D eigenvalue weighted by Gasteiger charge is 2.31. The van der Waals surface area contributed by atoms with Crippen LogP contribution >= 0.6 is 0 Å². The maximum atomic E-state index is 12.4. The number of nitrogens with zero attached hydrogens (tertiary/aromatic N) is 3. The fourth-order valence-electron chi connectivity index (χ4n) is 2.86. The summed E-state index contributed by atoms with van der Waals surface area (Å²) < 4.78 is 42.6. The van der Waals surface area contributed by atoms with E-state index in [4.69, 9.17) is 5.73 Å². The van der Waals surface area contributed by atoms with Gasteiger partial charge in [0, 0.05) is 17.3 Å². The molecule has 0 amide bonds. The fraction of sp³-hybridized carbons (Fsp3) is 0.263. The number of anilines is 2. The number of benzene rings is 2. The number of hydrogen-bond acceptors (Lipinski definition) is 5. The van der Waals surface area contributed by atoms with Crippen molar-refractivity contribution < 1.29 is 17.9 Å². The summed E-state index contributed by atoms with van der Waals surface area (Å²) in [5.41, 5.74) is 7.73. The number of hydrogen-bond donors (Lipinski definition) is 2. The molecule has 146 valence electrons. The fourth-order valence-corrected chi connectivity index (χ4v) is 2.86. The number of nitrogen functional groups attached to an aromatic ring is 1. The third-order valence-corrected chi connectivity index (χ3v) is 4.53. The van der Waals surface area contributed by atoms with E-state index in [0.29, 0.717) is 29.2 Å². The maximum Gasteiger partial charge on any atom is 0.573 e. The molecular formula is C19H18F3N5O. The molecule has 1 aliphatic rings. The Labute approximate surface area is 159 Å². The van der Waals surface area contributed by atoms with Gasteiger partial charge in [-0.05, 0) is 67.8 Å². The molecule has 3 aromatic rings. The van der Waals surface area contributed by atoms with Gasteiger partial charge in [-0.1, -0.05) is 0 Å². The Balaban J connectivity index is 1.66. The van der Waals surface area contributed by atoms with Crippen molar-refractivity contribution in [1.29, 1.82) is 0 Å². The van der Waals surface area contributed by atoms with E-state index in [1.54, 1.807) is 16.8 Å². The summed E-state index contributed by atoms with van der Waals surface area (Å²) in [5.74, 6) is 0.752. The Hall–Kier alpha value is -3.23. The Morgan fingerprint density at radius 1 is 1.04 bits per heavy atom. The molecule has 9 heteroatoms. The van der Waals surface area contributed by atoms with Crippen LogP contribution in [0.5, 0.6) is 5.75 Å². The highest BCUT2D eigenvalue weighted by molar-refractivity contribution is 5.60. The van der Waals surface area contributed by atoms with Gasteiger partial charge in [-0.25, -0.2) is 0 Å². The number of halogens is 3. The van der Waals surface area contributed by atoms with Gasteiger partial charge in [-0.2, -0.15) is 9.67 Å². The van der Waals surface area contributed by atoms with Gasteiger partial charge in [0.2, 0.25) is 5.95 Å². The van der Waals surface area contributed by atoms with Gasteiger partial charge >= 0.3 is 6.36 Å². The summed E-state index contributed by atoms with van der Waals surface area (Å²) in [6, 6.07) is 13.0. The van der Waals surface area contributed by atoms with E-state index >= 15 is 0 Å². The van der Waals surface area contributed by atoms with Crippen molar-refractivity contribution >= 4 is 11.6 Å². The van der Waals surface area contributed by atoms with Gasteiger partial charge in [-0.15, -0.1) is 18.3 Å². The SMILES string of the molecule is Nc1ccc(-c2nc(NC3CCC3)n(-c3ccc(OC(F)(F)F)cc3)n2)cc1. The molecule has 1 heterocycles. The van der Waals surface area contributed by atoms with Crippen LogP contribution in [-0.2, 0) is 0 Å². The number of ether oxygens (including phenoxy) is 1. The van der Waals surface area contributed by atoms with Crippen molar-refractivity contribution in [3.63, 3.8) is 0 Å². The summed E-state index contributed by atoms with van der Waals surface area (Å²) in [5, 5.41) is 7.89. The molecule has 0 saturated heterocycles. The summed E-state index contributed by atoms with van der Waals surface area (Å²) in [6.45, 7) is 0. The average Bonchev–Trinajstić information content (AvgIpc) is 3.02. The minimum absolute atomic E-state index is 0.288. The van der Waals surface area contributed by atoms with Crippen molar-refractivity contribution in [2.75, 3.05) is 11.1 Å². The van der Waals surface area contributed by atoms with Gasteiger partial charge in [-0.3, -0.25) is 0 Å². The summed E-state index contributed by atoms with van der Waals surface area (Å²) in [4.78, 5) is 4.58.